The van der Waals surface area contributed by atoms with Crippen molar-refractivity contribution in [3.05, 3.63) is 16.1 Å². The summed E-state index contributed by atoms with van der Waals surface area (Å²) >= 11 is 1.69. The van der Waals surface area contributed by atoms with Gasteiger partial charge in [0.05, 0.1) is 11.1 Å². The van der Waals surface area contributed by atoms with Crippen LogP contribution in [0, 0.1) is 6.92 Å². The molecule has 0 spiro atoms. The molecule has 0 radical (unpaired) electrons. The van der Waals surface area contributed by atoms with E-state index in [4.69, 9.17) is 0 Å². The Labute approximate surface area is 83.6 Å². The van der Waals surface area contributed by atoms with Crippen LogP contribution in [0.2, 0.25) is 0 Å². The molecule has 0 amide bonds. The Morgan fingerprint density at radius 3 is 2.85 bits per heavy atom. The predicted octanol–water partition coefficient (Wildman–Crippen LogP) is 2.55. The van der Waals surface area contributed by atoms with Crippen LogP contribution < -0.4 is 0 Å². The third-order valence-electron chi connectivity index (χ3n) is 1.98. The van der Waals surface area contributed by atoms with Crippen LogP contribution in [0.15, 0.2) is 5.38 Å². The molecule has 1 unspecified atom stereocenters. The lowest BCUT2D eigenvalue weighted by molar-refractivity contribution is 0.154. The summed E-state index contributed by atoms with van der Waals surface area (Å²) in [5.41, 5.74) is 1.09. The number of aliphatic hydroxyl groups is 1. The highest BCUT2D eigenvalue weighted by atomic mass is 32.1. The summed E-state index contributed by atoms with van der Waals surface area (Å²) in [6.07, 6.45) is 3.58. The van der Waals surface area contributed by atoms with Gasteiger partial charge in [-0.2, -0.15) is 0 Å². The summed E-state index contributed by atoms with van der Waals surface area (Å²) in [4.78, 5) is 4.35. The maximum Gasteiger partial charge on any atom is 0.0929 e. The normalized spacial score (nSPS) is 13.2. The van der Waals surface area contributed by atoms with Crippen LogP contribution >= 0.6 is 11.3 Å². The second kappa shape index (κ2) is 5.35. The van der Waals surface area contributed by atoms with E-state index < -0.39 is 0 Å². The fraction of sp³-hybridized carbons (Fsp3) is 0.700. The highest BCUT2D eigenvalue weighted by molar-refractivity contribution is 7.09. The Morgan fingerprint density at radius 1 is 1.54 bits per heavy atom. The van der Waals surface area contributed by atoms with Crippen molar-refractivity contribution in [2.24, 2.45) is 0 Å². The molecule has 74 valence electrons. The van der Waals surface area contributed by atoms with Gasteiger partial charge >= 0.3 is 0 Å². The smallest absolute Gasteiger partial charge is 0.0929 e. The maximum atomic E-state index is 9.49. The van der Waals surface area contributed by atoms with Crippen molar-refractivity contribution < 1.29 is 5.11 Å². The molecule has 1 rings (SSSR count). The SMILES string of the molecule is CCCC(O)CCc1nc(C)cs1. The topological polar surface area (TPSA) is 33.1 Å². The summed E-state index contributed by atoms with van der Waals surface area (Å²) < 4.78 is 0. The number of aryl methyl sites for hydroxylation is 2. The molecule has 0 aromatic carbocycles. The third-order valence-corrected chi connectivity index (χ3v) is 3.01. The first-order valence-corrected chi connectivity index (χ1v) is 5.69. The van der Waals surface area contributed by atoms with Gasteiger partial charge in [-0.15, -0.1) is 11.3 Å². The number of aliphatic hydroxyl groups excluding tert-OH is 1. The molecule has 1 atom stereocenters. The van der Waals surface area contributed by atoms with E-state index in [1.165, 1.54) is 0 Å². The molecule has 0 aliphatic heterocycles. The number of hydrogen-bond donors (Lipinski definition) is 1. The number of aromatic nitrogens is 1. The zero-order valence-corrected chi connectivity index (χ0v) is 9.10. The van der Waals surface area contributed by atoms with Crippen molar-refractivity contribution in [3.63, 3.8) is 0 Å². The maximum absolute atomic E-state index is 9.49. The highest BCUT2D eigenvalue weighted by Crippen LogP contribution is 2.13. The highest BCUT2D eigenvalue weighted by Gasteiger charge is 2.04. The minimum atomic E-state index is -0.144. The molecule has 2 nitrogen and oxygen atoms in total. The molecule has 13 heavy (non-hydrogen) atoms. The number of rotatable bonds is 5. The molecule has 3 heteroatoms. The third kappa shape index (κ3) is 3.87. The lowest BCUT2D eigenvalue weighted by atomic mass is 10.1. The zero-order valence-electron chi connectivity index (χ0n) is 8.29. The van der Waals surface area contributed by atoms with E-state index in [9.17, 15) is 5.11 Å². The molecule has 0 aliphatic carbocycles. The molecule has 0 bridgehead atoms. The molecule has 0 fully saturated rings. The number of hydrogen-bond acceptors (Lipinski definition) is 3. The summed E-state index contributed by atoms with van der Waals surface area (Å²) in [5, 5.41) is 12.7. The molecule has 1 aromatic heterocycles. The van der Waals surface area contributed by atoms with Gasteiger partial charge in [-0.25, -0.2) is 4.98 Å². The molecule has 0 aliphatic rings. The van der Waals surface area contributed by atoms with Gasteiger partial charge in [0.25, 0.3) is 0 Å². The van der Waals surface area contributed by atoms with Crippen LogP contribution in [-0.2, 0) is 6.42 Å². The first-order valence-electron chi connectivity index (χ1n) is 4.81. The second-order valence-electron chi connectivity index (χ2n) is 3.36. The van der Waals surface area contributed by atoms with Gasteiger partial charge in [-0.1, -0.05) is 13.3 Å². The fourth-order valence-corrected chi connectivity index (χ4v) is 2.08. The average molecular weight is 199 g/mol. The van der Waals surface area contributed by atoms with Gasteiger partial charge in [-0.05, 0) is 19.8 Å². The minimum Gasteiger partial charge on any atom is -0.393 e. The number of nitrogens with zero attached hydrogens (tertiary/aromatic N) is 1. The predicted molar refractivity (Wildman–Crippen MR) is 56.1 cm³/mol. The second-order valence-corrected chi connectivity index (χ2v) is 4.31. The van der Waals surface area contributed by atoms with Gasteiger partial charge in [0.2, 0.25) is 0 Å². The van der Waals surface area contributed by atoms with E-state index in [1.807, 2.05) is 6.92 Å². The van der Waals surface area contributed by atoms with Gasteiger partial charge in [0.1, 0.15) is 0 Å². The van der Waals surface area contributed by atoms with E-state index in [1.54, 1.807) is 11.3 Å². The van der Waals surface area contributed by atoms with E-state index in [-0.39, 0.29) is 6.10 Å². The summed E-state index contributed by atoms with van der Waals surface area (Å²) in [5.74, 6) is 0. The Kier molecular flexibility index (Phi) is 4.39. The van der Waals surface area contributed by atoms with Gasteiger partial charge in [-0.3, -0.25) is 0 Å². The van der Waals surface area contributed by atoms with Gasteiger partial charge < -0.3 is 5.11 Å². The van der Waals surface area contributed by atoms with Crippen LogP contribution in [0.1, 0.15) is 36.9 Å². The summed E-state index contributed by atoms with van der Waals surface area (Å²) in [6.45, 7) is 4.10. The zero-order chi connectivity index (χ0) is 9.68. The minimum absolute atomic E-state index is 0.144. The van der Waals surface area contributed by atoms with Crippen LogP contribution in [0.5, 0.6) is 0 Å². The Morgan fingerprint density at radius 2 is 2.31 bits per heavy atom. The Hall–Kier alpha value is -0.410. The molecule has 1 aromatic rings. The van der Waals surface area contributed by atoms with E-state index >= 15 is 0 Å². The van der Waals surface area contributed by atoms with Crippen LogP contribution in [-0.4, -0.2) is 16.2 Å². The molecule has 0 saturated heterocycles. The monoisotopic (exact) mass is 199 g/mol. The van der Waals surface area contributed by atoms with Crippen LogP contribution in [0.3, 0.4) is 0 Å². The Balaban J connectivity index is 2.26. The van der Waals surface area contributed by atoms with Crippen LogP contribution in [0.4, 0.5) is 0 Å². The first-order chi connectivity index (χ1) is 6.22. The molecular weight excluding hydrogens is 182 g/mol. The van der Waals surface area contributed by atoms with E-state index in [0.29, 0.717) is 0 Å². The molecule has 1 N–H and O–H groups in total. The van der Waals surface area contributed by atoms with Crippen molar-refractivity contribution in [1.29, 1.82) is 0 Å². The average Bonchev–Trinajstić information content (AvgIpc) is 2.49. The van der Waals surface area contributed by atoms with Gasteiger partial charge in [0, 0.05) is 17.5 Å². The lowest BCUT2D eigenvalue weighted by Gasteiger charge is -2.06. The van der Waals surface area contributed by atoms with Crippen molar-refractivity contribution in [1.82, 2.24) is 4.98 Å². The quantitative estimate of drug-likeness (QED) is 0.790. The van der Waals surface area contributed by atoms with Crippen molar-refractivity contribution in [2.45, 2.75) is 45.6 Å². The molecule has 1 heterocycles. The summed E-state index contributed by atoms with van der Waals surface area (Å²) in [7, 11) is 0. The van der Waals surface area contributed by atoms with Crippen molar-refractivity contribution in [3.8, 4) is 0 Å². The van der Waals surface area contributed by atoms with Crippen LogP contribution in [0.25, 0.3) is 0 Å². The molecular formula is C10H17NOS. The standard InChI is InChI=1S/C10H17NOS/c1-3-4-9(12)5-6-10-11-8(2)7-13-10/h7,9,12H,3-6H2,1-2H3. The largest absolute Gasteiger partial charge is 0.393 e. The van der Waals surface area contributed by atoms with Crippen molar-refractivity contribution in [2.75, 3.05) is 0 Å². The summed E-state index contributed by atoms with van der Waals surface area (Å²) in [6, 6.07) is 0. The van der Waals surface area contributed by atoms with E-state index in [0.717, 1.165) is 36.4 Å². The first kappa shape index (κ1) is 10.7. The number of thiazole rings is 1. The van der Waals surface area contributed by atoms with Crippen molar-refractivity contribution >= 4 is 11.3 Å². The molecule has 0 saturated carbocycles. The van der Waals surface area contributed by atoms with Gasteiger partial charge in [0.15, 0.2) is 0 Å². The Bertz CT molecular complexity index is 247. The fourth-order valence-electron chi connectivity index (χ4n) is 1.29. The lowest BCUT2D eigenvalue weighted by Crippen LogP contribution is -2.06. The van der Waals surface area contributed by atoms with E-state index in [2.05, 4.69) is 17.3 Å².